The summed E-state index contributed by atoms with van der Waals surface area (Å²) >= 11 is 0. The maximum Gasteiger partial charge on any atom is -0.0242 e. The molecule has 0 aromatic heterocycles. The predicted molar refractivity (Wildman–Crippen MR) is 46.0 cm³/mol. The number of rotatable bonds is 1. The van der Waals surface area contributed by atoms with Gasteiger partial charge in [0.15, 0.2) is 0 Å². The van der Waals surface area contributed by atoms with Gasteiger partial charge in [-0.05, 0) is 44.3 Å². The third-order valence-corrected chi connectivity index (χ3v) is 2.34. The predicted octanol–water partition coefficient (Wildman–Crippen LogP) is 3.45. The summed E-state index contributed by atoms with van der Waals surface area (Å²) in [7, 11) is 0. The molecule has 56 valence electrons. The summed E-state index contributed by atoms with van der Waals surface area (Å²) in [5, 5.41) is 0. The summed E-state index contributed by atoms with van der Waals surface area (Å²) < 4.78 is 0. The average Bonchev–Trinajstić information content (AvgIpc) is 2.20. The lowest BCUT2D eigenvalue weighted by molar-refractivity contribution is 0.997. The smallest absolute Gasteiger partial charge is 0.0242 e. The Kier molecular flexibility index (Phi) is 2.31. The van der Waals surface area contributed by atoms with E-state index >= 15 is 0 Å². The van der Waals surface area contributed by atoms with E-state index in [9.17, 15) is 0 Å². The lowest BCUT2D eigenvalue weighted by atomic mass is 10.1. The van der Waals surface area contributed by atoms with Gasteiger partial charge in [0.05, 0.1) is 0 Å². The second kappa shape index (κ2) is 3.05. The van der Waals surface area contributed by atoms with Crippen LogP contribution < -0.4 is 0 Å². The van der Waals surface area contributed by atoms with Crippen molar-refractivity contribution in [2.24, 2.45) is 0 Å². The van der Waals surface area contributed by atoms with Gasteiger partial charge in [0.1, 0.15) is 0 Å². The van der Waals surface area contributed by atoms with Crippen LogP contribution in [0.1, 0.15) is 40.0 Å². The molecule has 0 atom stereocenters. The minimum absolute atomic E-state index is 1.18. The van der Waals surface area contributed by atoms with Gasteiger partial charge >= 0.3 is 0 Å². The van der Waals surface area contributed by atoms with Crippen LogP contribution >= 0.6 is 0 Å². The zero-order chi connectivity index (χ0) is 7.56. The van der Waals surface area contributed by atoms with Gasteiger partial charge in [0.25, 0.3) is 0 Å². The Morgan fingerprint density at radius 3 is 2.40 bits per heavy atom. The van der Waals surface area contributed by atoms with Crippen LogP contribution in [0.2, 0.25) is 0 Å². The zero-order valence-electron chi connectivity index (χ0n) is 7.20. The van der Waals surface area contributed by atoms with Gasteiger partial charge in [-0.3, -0.25) is 0 Å². The van der Waals surface area contributed by atoms with Crippen LogP contribution in [0.4, 0.5) is 0 Å². The topological polar surface area (TPSA) is 0 Å². The molecule has 0 saturated heterocycles. The van der Waals surface area contributed by atoms with Crippen LogP contribution in [-0.2, 0) is 0 Å². The van der Waals surface area contributed by atoms with Gasteiger partial charge in [-0.1, -0.05) is 18.6 Å². The van der Waals surface area contributed by atoms with Crippen molar-refractivity contribution in [1.82, 2.24) is 0 Å². The Labute approximate surface area is 63.6 Å². The van der Waals surface area contributed by atoms with Crippen LogP contribution in [0, 0.1) is 0 Å². The lowest BCUT2D eigenvalue weighted by Gasteiger charge is -1.96. The van der Waals surface area contributed by atoms with E-state index in [1.807, 2.05) is 0 Å². The number of hydrogen-bond acceptors (Lipinski definition) is 0. The van der Waals surface area contributed by atoms with E-state index in [-0.39, 0.29) is 0 Å². The van der Waals surface area contributed by atoms with Gasteiger partial charge in [-0.15, -0.1) is 0 Å². The van der Waals surface area contributed by atoms with E-state index in [2.05, 4.69) is 26.8 Å². The van der Waals surface area contributed by atoms with E-state index in [0.717, 1.165) is 0 Å². The molecule has 0 N–H and O–H groups in total. The van der Waals surface area contributed by atoms with Crippen LogP contribution in [0.25, 0.3) is 0 Å². The number of hydrogen-bond donors (Lipinski definition) is 0. The van der Waals surface area contributed by atoms with Gasteiger partial charge < -0.3 is 0 Å². The molecule has 0 aromatic rings. The quantitative estimate of drug-likeness (QED) is 0.518. The fourth-order valence-corrected chi connectivity index (χ4v) is 1.47. The minimum atomic E-state index is 1.18. The molecule has 0 saturated carbocycles. The van der Waals surface area contributed by atoms with Crippen LogP contribution in [0.15, 0.2) is 22.8 Å². The minimum Gasteiger partial charge on any atom is -0.0813 e. The third-order valence-electron chi connectivity index (χ3n) is 2.34. The molecule has 1 aliphatic rings. The largest absolute Gasteiger partial charge is 0.0813 e. The monoisotopic (exact) mass is 136 g/mol. The van der Waals surface area contributed by atoms with Crippen molar-refractivity contribution in [3.8, 4) is 0 Å². The second-order valence-electron chi connectivity index (χ2n) is 3.04. The summed E-state index contributed by atoms with van der Waals surface area (Å²) in [4.78, 5) is 0. The SMILES string of the molecule is CC/C=C1\CCC(C)=C1C. The van der Waals surface area contributed by atoms with Gasteiger partial charge in [0, 0.05) is 0 Å². The molecule has 0 fully saturated rings. The van der Waals surface area contributed by atoms with Crippen LogP contribution in [0.3, 0.4) is 0 Å². The normalized spacial score (nSPS) is 22.9. The highest BCUT2D eigenvalue weighted by molar-refractivity contribution is 5.38. The molecule has 0 spiro atoms. The summed E-state index contributed by atoms with van der Waals surface area (Å²) in [5.41, 5.74) is 4.71. The Balaban J connectivity index is 2.77. The fourth-order valence-electron chi connectivity index (χ4n) is 1.47. The van der Waals surface area contributed by atoms with Crippen LogP contribution in [0.5, 0.6) is 0 Å². The summed E-state index contributed by atoms with van der Waals surface area (Å²) in [5.74, 6) is 0. The summed E-state index contributed by atoms with van der Waals surface area (Å²) in [6, 6.07) is 0. The average molecular weight is 136 g/mol. The fraction of sp³-hybridized carbons (Fsp3) is 0.600. The molecule has 1 aliphatic carbocycles. The van der Waals surface area contributed by atoms with Crippen LogP contribution in [-0.4, -0.2) is 0 Å². The first-order valence-corrected chi connectivity index (χ1v) is 4.11. The van der Waals surface area contributed by atoms with Gasteiger partial charge in [-0.2, -0.15) is 0 Å². The Bertz CT molecular complexity index is 182. The highest BCUT2D eigenvalue weighted by Crippen LogP contribution is 2.30. The third kappa shape index (κ3) is 1.31. The molecule has 0 heteroatoms. The van der Waals surface area contributed by atoms with Crippen molar-refractivity contribution in [1.29, 1.82) is 0 Å². The van der Waals surface area contributed by atoms with E-state index in [0.29, 0.717) is 0 Å². The molecule has 0 heterocycles. The Hall–Kier alpha value is -0.520. The van der Waals surface area contributed by atoms with Crippen molar-refractivity contribution >= 4 is 0 Å². The molecule has 0 bridgehead atoms. The molecule has 0 radical (unpaired) electrons. The second-order valence-corrected chi connectivity index (χ2v) is 3.04. The first kappa shape index (κ1) is 7.59. The van der Waals surface area contributed by atoms with Crippen molar-refractivity contribution in [2.75, 3.05) is 0 Å². The molecule has 0 amide bonds. The highest BCUT2D eigenvalue weighted by atomic mass is 14.2. The van der Waals surface area contributed by atoms with E-state index in [4.69, 9.17) is 0 Å². The molecule has 0 nitrogen and oxygen atoms in total. The maximum atomic E-state index is 2.35. The standard InChI is InChI=1S/C10H16/c1-4-5-10-7-6-8(2)9(10)3/h5H,4,6-7H2,1-3H3/b10-5+. The summed E-state index contributed by atoms with van der Waals surface area (Å²) in [6.07, 6.45) is 6.11. The van der Waals surface area contributed by atoms with Crippen molar-refractivity contribution in [2.45, 2.75) is 40.0 Å². The molecule has 10 heavy (non-hydrogen) atoms. The molecule has 0 aliphatic heterocycles. The molecule has 0 unspecified atom stereocenters. The number of allylic oxidation sites excluding steroid dienone is 4. The molecule has 1 rings (SSSR count). The van der Waals surface area contributed by atoms with E-state index < -0.39 is 0 Å². The first-order chi connectivity index (χ1) is 4.75. The van der Waals surface area contributed by atoms with Crippen molar-refractivity contribution in [3.05, 3.63) is 22.8 Å². The zero-order valence-corrected chi connectivity index (χ0v) is 7.20. The lowest BCUT2D eigenvalue weighted by Crippen LogP contribution is -1.76. The maximum absolute atomic E-state index is 2.35. The molecule has 0 aromatic carbocycles. The Morgan fingerprint density at radius 1 is 1.30 bits per heavy atom. The summed E-state index contributed by atoms with van der Waals surface area (Å²) in [6.45, 7) is 6.68. The van der Waals surface area contributed by atoms with Gasteiger partial charge in [0.2, 0.25) is 0 Å². The highest BCUT2D eigenvalue weighted by Gasteiger charge is 2.10. The van der Waals surface area contributed by atoms with Gasteiger partial charge in [-0.25, -0.2) is 0 Å². The van der Waals surface area contributed by atoms with E-state index in [1.54, 1.807) is 16.7 Å². The molecular formula is C10H16. The van der Waals surface area contributed by atoms with Crippen molar-refractivity contribution < 1.29 is 0 Å². The Morgan fingerprint density at radius 2 is 2.00 bits per heavy atom. The van der Waals surface area contributed by atoms with E-state index in [1.165, 1.54) is 19.3 Å². The van der Waals surface area contributed by atoms with Crippen molar-refractivity contribution in [3.63, 3.8) is 0 Å². The first-order valence-electron chi connectivity index (χ1n) is 4.11. The molecular weight excluding hydrogens is 120 g/mol.